The van der Waals surface area contributed by atoms with E-state index in [1.807, 2.05) is 0 Å². The Balaban J connectivity index is 2.24. The molecule has 1 fully saturated rings. The first-order valence-electron chi connectivity index (χ1n) is 5.38. The molecule has 1 aliphatic rings. The van der Waals surface area contributed by atoms with Crippen molar-refractivity contribution in [1.82, 2.24) is 0 Å². The van der Waals surface area contributed by atoms with Crippen molar-refractivity contribution in [2.45, 2.75) is 13.3 Å². The second-order valence-corrected chi connectivity index (χ2v) is 4.24. The lowest BCUT2D eigenvalue weighted by Gasteiger charge is -2.17. The third-order valence-electron chi connectivity index (χ3n) is 2.99. The van der Waals surface area contributed by atoms with Crippen molar-refractivity contribution in [3.63, 3.8) is 0 Å². The summed E-state index contributed by atoms with van der Waals surface area (Å²) >= 11 is 0. The van der Waals surface area contributed by atoms with Crippen LogP contribution in [-0.4, -0.2) is 19.0 Å². The van der Waals surface area contributed by atoms with Crippen molar-refractivity contribution in [3.8, 4) is 0 Å². The zero-order valence-electron chi connectivity index (χ0n) is 9.24. The summed E-state index contributed by atoms with van der Waals surface area (Å²) < 4.78 is 13.1. The predicted molar refractivity (Wildman–Crippen MR) is 60.7 cm³/mol. The number of anilines is 1. The van der Waals surface area contributed by atoms with Crippen molar-refractivity contribution in [2.24, 2.45) is 11.7 Å². The summed E-state index contributed by atoms with van der Waals surface area (Å²) in [5.41, 5.74) is 6.87. The van der Waals surface area contributed by atoms with Crippen LogP contribution in [0.4, 0.5) is 10.1 Å². The number of nitrogens with two attached hydrogens (primary N) is 1. The zero-order valence-corrected chi connectivity index (χ0v) is 9.24. The molecule has 1 unspecified atom stereocenters. The van der Waals surface area contributed by atoms with Crippen LogP contribution in [-0.2, 0) is 4.79 Å². The zero-order chi connectivity index (χ0) is 11.7. The van der Waals surface area contributed by atoms with Crippen LogP contribution in [0, 0.1) is 18.7 Å². The lowest BCUT2D eigenvalue weighted by atomic mass is 10.1. The largest absolute Gasteiger partial charge is 0.330 e. The van der Waals surface area contributed by atoms with Gasteiger partial charge in [-0.05, 0) is 43.1 Å². The fourth-order valence-corrected chi connectivity index (χ4v) is 1.99. The second kappa shape index (κ2) is 4.22. The van der Waals surface area contributed by atoms with Gasteiger partial charge >= 0.3 is 0 Å². The molecular weight excluding hydrogens is 207 g/mol. The van der Waals surface area contributed by atoms with Crippen LogP contribution in [0.25, 0.3) is 0 Å². The molecule has 4 heteroatoms. The monoisotopic (exact) mass is 222 g/mol. The van der Waals surface area contributed by atoms with Gasteiger partial charge in [0.15, 0.2) is 0 Å². The van der Waals surface area contributed by atoms with Gasteiger partial charge in [0.1, 0.15) is 5.82 Å². The van der Waals surface area contributed by atoms with E-state index in [4.69, 9.17) is 5.73 Å². The molecule has 1 aliphatic heterocycles. The number of nitrogens with zero attached hydrogens (tertiary/aromatic N) is 1. The van der Waals surface area contributed by atoms with Gasteiger partial charge in [-0.2, -0.15) is 0 Å². The minimum atomic E-state index is -0.245. The highest BCUT2D eigenvalue weighted by molar-refractivity contribution is 5.95. The standard InChI is InChI=1S/C12H15FN2O/c1-8-4-10(2-3-11(8)13)15-7-9(6-14)5-12(15)16/h2-4,9H,5-7,14H2,1H3. The summed E-state index contributed by atoms with van der Waals surface area (Å²) in [6.45, 7) is 2.85. The summed E-state index contributed by atoms with van der Waals surface area (Å²) in [7, 11) is 0. The average Bonchev–Trinajstić information content (AvgIpc) is 2.64. The van der Waals surface area contributed by atoms with Gasteiger partial charge in [-0.1, -0.05) is 0 Å². The van der Waals surface area contributed by atoms with Gasteiger partial charge in [-0.25, -0.2) is 4.39 Å². The molecule has 16 heavy (non-hydrogen) atoms. The number of carbonyl (C=O) groups is 1. The Morgan fingerprint density at radius 3 is 2.88 bits per heavy atom. The maximum atomic E-state index is 13.1. The Morgan fingerprint density at radius 2 is 2.31 bits per heavy atom. The molecule has 2 N–H and O–H groups in total. The van der Waals surface area contributed by atoms with Gasteiger partial charge in [-0.3, -0.25) is 4.79 Å². The highest BCUT2D eigenvalue weighted by atomic mass is 19.1. The molecule has 1 amide bonds. The molecule has 0 aromatic heterocycles. The number of benzene rings is 1. The molecule has 0 radical (unpaired) electrons. The highest BCUT2D eigenvalue weighted by Crippen LogP contribution is 2.25. The quantitative estimate of drug-likeness (QED) is 0.823. The summed E-state index contributed by atoms with van der Waals surface area (Å²) in [5.74, 6) is 0.0464. The fourth-order valence-electron chi connectivity index (χ4n) is 1.99. The van der Waals surface area contributed by atoms with Crippen molar-refractivity contribution in [1.29, 1.82) is 0 Å². The molecule has 0 aliphatic carbocycles. The Hall–Kier alpha value is -1.42. The third kappa shape index (κ3) is 1.93. The first-order chi connectivity index (χ1) is 7.61. The summed E-state index contributed by atoms with van der Waals surface area (Å²) in [4.78, 5) is 13.4. The molecule has 1 saturated heterocycles. The third-order valence-corrected chi connectivity index (χ3v) is 2.99. The lowest BCUT2D eigenvalue weighted by molar-refractivity contribution is -0.117. The van der Waals surface area contributed by atoms with Crippen LogP contribution in [0.5, 0.6) is 0 Å². The molecule has 1 aromatic carbocycles. The number of aryl methyl sites for hydroxylation is 1. The molecule has 1 aromatic rings. The summed E-state index contributed by atoms with van der Waals surface area (Å²) in [6.07, 6.45) is 0.493. The normalized spacial score (nSPS) is 20.6. The molecule has 3 nitrogen and oxygen atoms in total. The average molecular weight is 222 g/mol. The van der Waals surface area contributed by atoms with Gasteiger partial charge in [0, 0.05) is 18.7 Å². The van der Waals surface area contributed by atoms with E-state index in [2.05, 4.69) is 0 Å². The van der Waals surface area contributed by atoms with Crippen molar-refractivity contribution >= 4 is 11.6 Å². The maximum Gasteiger partial charge on any atom is 0.227 e. The molecule has 1 heterocycles. The van der Waals surface area contributed by atoms with E-state index in [0.29, 0.717) is 25.1 Å². The summed E-state index contributed by atoms with van der Waals surface area (Å²) in [5, 5.41) is 0. The van der Waals surface area contributed by atoms with Crippen molar-refractivity contribution < 1.29 is 9.18 Å². The van der Waals surface area contributed by atoms with Crippen LogP contribution in [0.2, 0.25) is 0 Å². The Morgan fingerprint density at radius 1 is 1.56 bits per heavy atom. The number of halogens is 1. The highest BCUT2D eigenvalue weighted by Gasteiger charge is 2.29. The van der Waals surface area contributed by atoms with Crippen LogP contribution in [0.15, 0.2) is 18.2 Å². The van der Waals surface area contributed by atoms with Crippen molar-refractivity contribution in [3.05, 3.63) is 29.6 Å². The van der Waals surface area contributed by atoms with E-state index in [1.54, 1.807) is 24.0 Å². The Bertz CT molecular complexity index is 419. The van der Waals surface area contributed by atoms with Crippen LogP contribution in [0.3, 0.4) is 0 Å². The second-order valence-electron chi connectivity index (χ2n) is 4.24. The first-order valence-corrected chi connectivity index (χ1v) is 5.38. The fraction of sp³-hybridized carbons (Fsp3) is 0.417. The Labute approximate surface area is 94.0 Å². The van der Waals surface area contributed by atoms with Crippen molar-refractivity contribution in [2.75, 3.05) is 18.0 Å². The van der Waals surface area contributed by atoms with Gasteiger partial charge in [0.05, 0.1) is 0 Å². The topological polar surface area (TPSA) is 46.3 Å². The van der Waals surface area contributed by atoms with Gasteiger partial charge < -0.3 is 10.6 Å². The lowest BCUT2D eigenvalue weighted by Crippen LogP contribution is -2.25. The minimum absolute atomic E-state index is 0.0708. The Kier molecular flexibility index (Phi) is 2.92. The molecule has 0 bridgehead atoms. The summed E-state index contributed by atoms with van der Waals surface area (Å²) in [6, 6.07) is 4.74. The van der Waals surface area contributed by atoms with Gasteiger partial charge in [0.2, 0.25) is 5.91 Å². The number of hydrogen-bond acceptors (Lipinski definition) is 2. The first kappa shape index (κ1) is 11.1. The van der Waals surface area contributed by atoms with E-state index < -0.39 is 0 Å². The number of amides is 1. The molecule has 2 rings (SSSR count). The van der Waals surface area contributed by atoms with E-state index in [-0.39, 0.29) is 17.6 Å². The SMILES string of the molecule is Cc1cc(N2CC(CN)CC2=O)ccc1F. The van der Waals surface area contributed by atoms with E-state index in [0.717, 1.165) is 5.69 Å². The van der Waals surface area contributed by atoms with Crippen LogP contribution in [0.1, 0.15) is 12.0 Å². The van der Waals surface area contributed by atoms with E-state index >= 15 is 0 Å². The molecule has 0 spiro atoms. The number of rotatable bonds is 2. The number of carbonyl (C=O) groups excluding carboxylic acids is 1. The number of hydrogen-bond donors (Lipinski definition) is 1. The maximum absolute atomic E-state index is 13.1. The van der Waals surface area contributed by atoms with Gasteiger partial charge in [0.25, 0.3) is 0 Å². The van der Waals surface area contributed by atoms with E-state index in [1.165, 1.54) is 6.07 Å². The predicted octanol–water partition coefficient (Wildman–Crippen LogP) is 1.45. The van der Waals surface area contributed by atoms with E-state index in [9.17, 15) is 9.18 Å². The van der Waals surface area contributed by atoms with Crippen LogP contribution >= 0.6 is 0 Å². The molecular formula is C12H15FN2O. The minimum Gasteiger partial charge on any atom is -0.330 e. The molecule has 86 valence electrons. The smallest absolute Gasteiger partial charge is 0.227 e. The van der Waals surface area contributed by atoms with Crippen LogP contribution < -0.4 is 10.6 Å². The molecule has 0 saturated carbocycles. The van der Waals surface area contributed by atoms with Gasteiger partial charge in [-0.15, -0.1) is 0 Å². The molecule has 1 atom stereocenters.